The van der Waals surface area contributed by atoms with Crippen LogP contribution >= 0.6 is 0 Å². The lowest BCUT2D eigenvalue weighted by Crippen LogP contribution is -2.29. The molecule has 0 amide bonds. The molecular formula is C18H38. The third-order valence-electron chi connectivity index (χ3n) is 5.99. The largest absolute Gasteiger partial charge is 0.0651 e. The molecule has 0 aromatic carbocycles. The smallest absolute Gasteiger partial charge is 0.0329 e. The Kier molecular flexibility index (Phi) is 7.56. The fourth-order valence-electron chi connectivity index (χ4n) is 3.07. The zero-order chi connectivity index (χ0) is 14.5. The molecule has 0 spiro atoms. The fraction of sp³-hybridized carbons (Fsp3) is 1.00. The molecule has 0 N–H and O–H groups in total. The third-order valence-corrected chi connectivity index (χ3v) is 5.99. The van der Waals surface area contributed by atoms with Gasteiger partial charge >= 0.3 is 0 Å². The maximum Gasteiger partial charge on any atom is -0.0329 e. The summed E-state index contributed by atoms with van der Waals surface area (Å²) in [7, 11) is 0. The van der Waals surface area contributed by atoms with Gasteiger partial charge in [0.15, 0.2) is 0 Å². The first-order valence-corrected chi connectivity index (χ1v) is 8.17. The minimum atomic E-state index is 0.485. The molecule has 0 aliphatic carbocycles. The summed E-state index contributed by atoms with van der Waals surface area (Å²) in [5.74, 6) is 4.23. The highest BCUT2D eigenvalue weighted by Gasteiger charge is 2.30. The van der Waals surface area contributed by atoms with Gasteiger partial charge in [-0.15, -0.1) is 0 Å². The molecule has 0 nitrogen and oxygen atoms in total. The first-order valence-electron chi connectivity index (χ1n) is 8.17. The molecule has 18 heavy (non-hydrogen) atoms. The van der Waals surface area contributed by atoms with Crippen LogP contribution in [-0.2, 0) is 0 Å². The van der Waals surface area contributed by atoms with E-state index in [1.165, 1.54) is 19.3 Å². The first kappa shape index (κ1) is 18.0. The van der Waals surface area contributed by atoms with Crippen LogP contribution in [0.25, 0.3) is 0 Å². The topological polar surface area (TPSA) is 0 Å². The Morgan fingerprint density at radius 3 is 1.72 bits per heavy atom. The van der Waals surface area contributed by atoms with Crippen molar-refractivity contribution in [2.75, 3.05) is 0 Å². The monoisotopic (exact) mass is 254 g/mol. The molecule has 0 saturated carbocycles. The van der Waals surface area contributed by atoms with E-state index in [9.17, 15) is 0 Å². The van der Waals surface area contributed by atoms with Gasteiger partial charge < -0.3 is 0 Å². The second-order valence-corrected chi connectivity index (χ2v) is 7.62. The molecule has 0 fully saturated rings. The summed E-state index contributed by atoms with van der Waals surface area (Å²) in [4.78, 5) is 0. The zero-order valence-corrected chi connectivity index (χ0v) is 14.5. The Labute approximate surface area is 117 Å². The lowest BCUT2D eigenvalue weighted by molar-refractivity contribution is 0.120. The molecule has 0 aromatic heterocycles. The number of rotatable bonds is 8. The minimum absolute atomic E-state index is 0.485. The third kappa shape index (κ3) is 4.94. The molecular weight excluding hydrogens is 216 g/mol. The zero-order valence-electron chi connectivity index (χ0n) is 14.5. The molecule has 0 aliphatic rings. The maximum atomic E-state index is 2.47. The SMILES string of the molecule is CCC(CC(C)C(C)C(C)(C)CC)C(C)C(C)C. The Hall–Kier alpha value is 0. The van der Waals surface area contributed by atoms with E-state index < -0.39 is 0 Å². The molecule has 0 rings (SSSR count). The van der Waals surface area contributed by atoms with Crippen LogP contribution < -0.4 is 0 Å². The van der Waals surface area contributed by atoms with Gasteiger partial charge in [0.2, 0.25) is 0 Å². The van der Waals surface area contributed by atoms with Gasteiger partial charge in [-0.25, -0.2) is 0 Å². The standard InChI is InChI=1S/C18H38/c1-10-17(15(6)13(3)4)12-14(5)16(7)18(8,9)11-2/h13-17H,10-12H2,1-9H3. The second-order valence-electron chi connectivity index (χ2n) is 7.62. The van der Waals surface area contributed by atoms with Crippen LogP contribution in [0.2, 0.25) is 0 Å². The van der Waals surface area contributed by atoms with Crippen molar-refractivity contribution >= 4 is 0 Å². The van der Waals surface area contributed by atoms with Crippen LogP contribution in [0.4, 0.5) is 0 Å². The summed E-state index contributed by atoms with van der Waals surface area (Å²) in [6, 6.07) is 0. The first-order chi connectivity index (χ1) is 8.17. The van der Waals surface area contributed by atoms with Gasteiger partial charge in [-0.2, -0.15) is 0 Å². The summed E-state index contributed by atoms with van der Waals surface area (Å²) < 4.78 is 0. The summed E-state index contributed by atoms with van der Waals surface area (Å²) >= 11 is 0. The van der Waals surface area contributed by atoms with E-state index >= 15 is 0 Å². The lowest BCUT2D eigenvalue weighted by Gasteiger charge is -2.38. The molecule has 4 unspecified atom stereocenters. The average Bonchev–Trinajstić information content (AvgIpc) is 2.33. The molecule has 110 valence electrons. The Morgan fingerprint density at radius 2 is 1.39 bits per heavy atom. The highest BCUT2D eigenvalue weighted by Crippen LogP contribution is 2.39. The fourth-order valence-corrected chi connectivity index (χ4v) is 3.07. The van der Waals surface area contributed by atoms with Crippen molar-refractivity contribution in [1.82, 2.24) is 0 Å². The Balaban J connectivity index is 4.57. The molecule has 0 heterocycles. The minimum Gasteiger partial charge on any atom is -0.0651 e. The van der Waals surface area contributed by atoms with Crippen molar-refractivity contribution in [2.45, 2.75) is 81.6 Å². The summed E-state index contributed by atoms with van der Waals surface area (Å²) in [6.45, 7) is 21.7. The van der Waals surface area contributed by atoms with Crippen molar-refractivity contribution in [2.24, 2.45) is 35.0 Å². The Morgan fingerprint density at radius 1 is 0.889 bits per heavy atom. The van der Waals surface area contributed by atoms with Crippen LogP contribution in [0.15, 0.2) is 0 Å². The van der Waals surface area contributed by atoms with E-state index in [1.54, 1.807) is 0 Å². The van der Waals surface area contributed by atoms with Crippen LogP contribution in [-0.4, -0.2) is 0 Å². The molecule has 0 saturated heterocycles. The highest BCUT2D eigenvalue weighted by atomic mass is 14.4. The van der Waals surface area contributed by atoms with Crippen LogP contribution in [0.5, 0.6) is 0 Å². The van der Waals surface area contributed by atoms with Gasteiger partial charge in [-0.3, -0.25) is 0 Å². The number of hydrogen-bond donors (Lipinski definition) is 0. The van der Waals surface area contributed by atoms with Gasteiger partial charge in [0, 0.05) is 0 Å². The maximum absolute atomic E-state index is 2.47. The van der Waals surface area contributed by atoms with Gasteiger partial charge in [0.05, 0.1) is 0 Å². The van der Waals surface area contributed by atoms with E-state index in [0.717, 1.165) is 29.6 Å². The van der Waals surface area contributed by atoms with Crippen LogP contribution in [0.3, 0.4) is 0 Å². The molecule has 0 bridgehead atoms. The highest BCUT2D eigenvalue weighted by molar-refractivity contribution is 4.80. The summed E-state index contributed by atoms with van der Waals surface area (Å²) in [5.41, 5.74) is 0.485. The summed E-state index contributed by atoms with van der Waals surface area (Å²) in [5, 5.41) is 0. The summed E-state index contributed by atoms with van der Waals surface area (Å²) in [6.07, 6.45) is 4.03. The van der Waals surface area contributed by atoms with Crippen LogP contribution in [0.1, 0.15) is 81.6 Å². The van der Waals surface area contributed by atoms with Crippen molar-refractivity contribution in [3.63, 3.8) is 0 Å². The predicted molar refractivity (Wildman–Crippen MR) is 84.8 cm³/mol. The van der Waals surface area contributed by atoms with Crippen LogP contribution in [0, 0.1) is 35.0 Å². The normalized spacial score (nSPS) is 19.7. The molecule has 0 radical (unpaired) electrons. The van der Waals surface area contributed by atoms with E-state index in [1.807, 2.05) is 0 Å². The van der Waals surface area contributed by atoms with Crippen molar-refractivity contribution in [3.8, 4) is 0 Å². The van der Waals surface area contributed by atoms with E-state index in [4.69, 9.17) is 0 Å². The molecule has 0 aliphatic heterocycles. The quantitative estimate of drug-likeness (QED) is 0.470. The van der Waals surface area contributed by atoms with Crippen molar-refractivity contribution in [3.05, 3.63) is 0 Å². The molecule has 0 aromatic rings. The van der Waals surface area contributed by atoms with Crippen molar-refractivity contribution in [1.29, 1.82) is 0 Å². The lowest BCUT2D eigenvalue weighted by atomic mass is 9.68. The van der Waals surface area contributed by atoms with E-state index in [0.29, 0.717) is 5.41 Å². The van der Waals surface area contributed by atoms with Gasteiger partial charge in [0.1, 0.15) is 0 Å². The second kappa shape index (κ2) is 7.56. The van der Waals surface area contributed by atoms with E-state index in [-0.39, 0.29) is 0 Å². The van der Waals surface area contributed by atoms with E-state index in [2.05, 4.69) is 62.3 Å². The van der Waals surface area contributed by atoms with Gasteiger partial charge in [0.25, 0.3) is 0 Å². The Bertz CT molecular complexity index is 214. The molecule has 4 atom stereocenters. The number of hydrogen-bond acceptors (Lipinski definition) is 0. The van der Waals surface area contributed by atoms with Crippen molar-refractivity contribution < 1.29 is 0 Å². The molecule has 0 heteroatoms. The van der Waals surface area contributed by atoms with Gasteiger partial charge in [-0.1, -0.05) is 75.2 Å². The average molecular weight is 255 g/mol. The predicted octanol–water partition coefficient (Wildman–Crippen LogP) is 6.40. The van der Waals surface area contributed by atoms with Gasteiger partial charge in [-0.05, 0) is 41.4 Å².